The first-order chi connectivity index (χ1) is 16.5. The molecule has 0 saturated heterocycles. The summed E-state index contributed by atoms with van der Waals surface area (Å²) >= 11 is 0. The highest BCUT2D eigenvalue weighted by molar-refractivity contribution is 7.94. The van der Waals surface area contributed by atoms with Gasteiger partial charge in [-0.2, -0.15) is 9.97 Å². The van der Waals surface area contributed by atoms with Crippen LogP contribution in [0.5, 0.6) is 12.0 Å². The summed E-state index contributed by atoms with van der Waals surface area (Å²) < 4.78 is 38.8. The van der Waals surface area contributed by atoms with E-state index in [2.05, 4.69) is 25.0 Å². The Hall–Kier alpha value is -2.70. The van der Waals surface area contributed by atoms with E-state index < -0.39 is 14.8 Å². The van der Waals surface area contributed by atoms with Crippen LogP contribution in [-0.4, -0.2) is 92.4 Å². The molecule has 12 heteroatoms. The number of hydrogen-bond acceptors (Lipinski definition) is 10. The topological polar surface area (TPSA) is 122 Å². The Morgan fingerprint density at radius 3 is 1.71 bits per heavy atom. The zero-order chi connectivity index (χ0) is 26.1. The monoisotopic (exact) mass is 509 g/mol. The van der Waals surface area contributed by atoms with Crippen LogP contribution in [0.3, 0.4) is 0 Å². The highest BCUT2D eigenvalue weighted by atomic mass is 32.2. The fraction of sp³-hybridized carbons (Fsp3) is 0.609. The second kappa shape index (κ2) is 12.8. The summed E-state index contributed by atoms with van der Waals surface area (Å²) in [5.74, 6) is 0.262. The van der Waals surface area contributed by atoms with Crippen LogP contribution in [0.4, 0.5) is 17.3 Å². The summed E-state index contributed by atoms with van der Waals surface area (Å²) in [5, 5.41) is 3.11. The Labute approximate surface area is 209 Å². The van der Waals surface area contributed by atoms with E-state index in [1.165, 1.54) is 0 Å². The van der Waals surface area contributed by atoms with Crippen LogP contribution in [0, 0.1) is 0 Å². The van der Waals surface area contributed by atoms with Gasteiger partial charge in [-0.25, -0.2) is 8.42 Å². The van der Waals surface area contributed by atoms with Crippen molar-refractivity contribution in [3.05, 3.63) is 24.3 Å². The molecule has 0 bridgehead atoms. The van der Waals surface area contributed by atoms with Crippen LogP contribution in [0.1, 0.15) is 33.6 Å². The molecule has 2 rings (SSSR count). The van der Waals surface area contributed by atoms with Gasteiger partial charge in [-0.05, 0) is 72.2 Å². The zero-order valence-electron chi connectivity index (χ0n) is 21.8. The first-order valence-corrected chi connectivity index (χ1v) is 13.2. The van der Waals surface area contributed by atoms with Gasteiger partial charge in [0.15, 0.2) is 0 Å². The van der Waals surface area contributed by atoms with E-state index in [-0.39, 0.29) is 18.0 Å². The molecule has 11 nitrogen and oxygen atoms in total. The van der Waals surface area contributed by atoms with Crippen LogP contribution >= 0.6 is 0 Å². The molecular formula is C23H39N7O4S. The molecule has 0 unspecified atom stereocenters. The number of anilines is 3. The molecule has 2 N–H and O–H groups in total. The smallest absolute Gasteiger partial charge is 0.324 e. The number of rotatable bonds is 15. The summed E-state index contributed by atoms with van der Waals surface area (Å²) in [4.78, 5) is 16.9. The fourth-order valence-corrected chi connectivity index (χ4v) is 4.27. The molecule has 0 saturated carbocycles. The summed E-state index contributed by atoms with van der Waals surface area (Å²) in [6, 6.07) is 7.19. The Balaban J connectivity index is 2.16. The average Bonchev–Trinajstić information content (AvgIpc) is 2.79. The van der Waals surface area contributed by atoms with E-state index >= 15 is 0 Å². The van der Waals surface area contributed by atoms with Gasteiger partial charge in [-0.1, -0.05) is 13.8 Å². The van der Waals surface area contributed by atoms with Crippen LogP contribution < -0.4 is 19.5 Å². The summed E-state index contributed by atoms with van der Waals surface area (Å²) in [6.07, 6.45) is 1.05. The van der Waals surface area contributed by atoms with Gasteiger partial charge in [0.05, 0.1) is 4.75 Å². The van der Waals surface area contributed by atoms with Crippen molar-refractivity contribution in [2.75, 3.05) is 64.5 Å². The number of aromatic nitrogens is 3. The van der Waals surface area contributed by atoms with Gasteiger partial charge in [-0.3, -0.25) is 4.72 Å². The van der Waals surface area contributed by atoms with E-state index in [1.807, 2.05) is 51.8 Å². The molecular weight excluding hydrogens is 470 g/mol. The van der Waals surface area contributed by atoms with Gasteiger partial charge in [0.2, 0.25) is 16.0 Å². The maximum Gasteiger partial charge on any atom is 0.324 e. The Morgan fingerprint density at radius 2 is 1.29 bits per heavy atom. The highest BCUT2D eigenvalue weighted by Crippen LogP contribution is 2.28. The fourth-order valence-electron chi connectivity index (χ4n) is 2.82. The maximum absolute atomic E-state index is 12.8. The van der Waals surface area contributed by atoms with Crippen molar-refractivity contribution in [3.8, 4) is 12.0 Å². The summed E-state index contributed by atoms with van der Waals surface area (Å²) in [6.45, 7) is 7.74. The van der Waals surface area contributed by atoms with Crippen LogP contribution in [-0.2, 0) is 10.0 Å². The third kappa shape index (κ3) is 8.79. The molecule has 2 aromatic rings. The third-order valence-corrected chi connectivity index (χ3v) is 8.05. The molecule has 0 atom stereocenters. The highest BCUT2D eigenvalue weighted by Gasteiger charge is 2.35. The first kappa shape index (κ1) is 28.5. The minimum absolute atomic E-state index is 0.159. The predicted octanol–water partition coefficient (Wildman–Crippen LogP) is 2.82. The molecule has 1 aromatic carbocycles. The van der Waals surface area contributed by atoms with Gasteiger partial charge in [0.25, 0.3) is 0 Å². The minimum atomic E-state index is -3.53. The number of sulfonamides is 1. The van der Waals surface area contributed by atoms with Crippen molar-refractivity contribution in [2.24, 2.45) is 0 Å². The molecule has 1 heterocycles. The maximum atomic E-state index is 12.8. The molecule has 0 aliphatic rings. The lowest BCUT2D eigenvalue weighted by Crippen LogP contribution is -2.38. The molecule has 1 aromatic heterocycles. The van der Waals surface area contributed by atoms with Gasteiger partial charge in [-0.15, -0.1) is 4.98 Å². The quantitative estimate of drug-likeness (QED) is 0.371. The van der Waals surface area contributed by atoms with E-state index in [1.54, 1.807) is 31.2 Å². The van der Waals surface area contributed by atoms with Crippen molar-refractivity contribution in [1.29, 1.82) is 0 Å². The van der Waals surface area contributed by atoms with Gasteiger partial charge >= 0.3 is 12.0 Å². The van der Waals surface area contributed by atoms with Gasteiger partial charge < -0.3 is 24.6 Å². The number of ether oxygens (including phenoxy) is 2. The van der Waals surface area contributed by atoms with Gasteiger partial charge in [0, 0.05) is 24.5 Å². The second-order valence-electron chi connectivity index (χ2n) is 8.99. The lowest BCUT2D eigenvalue weighted by atomic mass is 10.1. The number of benzene rings is 1. The molecule has 0 fully saturated rings. The van der Waals surface area contributed by atoms with Crippen molar-refractivity contribution in [3.63, 3.8) is 0 Å². The summed E-state index contributed by atoms with van der Waals surface area (Å²) in [5.41, 5.74) is 1.16. The molecule has 196 valence electrons. The number of hydrogen-bond donors (Lipinski definition) is 2. The normalized spacial score (nSPS) is 12.1. The Kier molecular flexibility index (Phi) is 10.5. The minimum Gasteiger partial charge on any atom is -0.462 e. The van der Waals surface area contributed by atoms with Crippen molar-refractivity contribution >= 4 is 27.3 Å². The number of nitrogens with zero attached hydrogens (tertiary/aromatic N) is 5. The van der Waals surface area contributed by atoms with E-state index in [9.17, 15) is 8.42 Å². The van der Waals surface area contributed by atoms with Crippen LogP contribution in [0.2, 0.25) is 0 Å². The summed E-state index contributed by atoms with van der Waals surface area (Å²) in [7, 11) is 4.28. The van der Waals surface area contributed by atoms with E-state index in [0.717, 1.165) is 0 Å². The Morgan fingerprint density at radius 1 is 0.829 bits per heavy atom. The average molecular weight is 510 g/mol. The van der Waals surface area contributed by atoms with Crippen molar-refractivity contribution in [2.45, 2.75) is 38.4 Å². The SMILES string of the molecule is CCC(C)(CC)S(=O)(=O)Nc1ccc(Nc2nc(OCCN(C)C)nc(OCCN(C)C)n2)cc1. The van der Waals surface area contributed by atoms with Crippen molar-refractivity contribution in [1.82, 2.24) is 24.8 Å². The molecule has 0 amide bonds. The predicted molar refractivity (Wildman–Crippen MR) is 139 cm³/mol. The van der Waals surface area contributed by atoms with Gasteiger partial charge in [0.1, 0.15) is 13.2 Å². The Bertz CT molecular complexity index is 994. The number of nitrogens with one attached hydrogen (secondary N) is 2. The molecule has 0 aliphatic heterocycles. The molecule has 0 aliphatic carbocycles. The largest absolute Gasteiger partial charge is 0.462 e. The van der Waals surface area contributed by atoms with Crippen LogP contribution in [0.25, 0.3) is 0 Å². The van der Waals surface area contributed by atoms with E-state index in [0.29, 0.717) is 50.5 Å². The van der Waals surface area contributed by atoms with E-state index in [4.69, 9.17) is 9.47 Å². The lowest BCUT2D eigenvalue weighted by Gasteiger charge is -2.27. The molecule has 0 spiro atoms. The molecule has 0 radical (unpaired) electrons. The third-order valence-electron chi connectivity index (χ3n) is 5.67. The standard InChI is InChI=1S/C23H39N7O4S/c1-8-23(3,9-2)35(31,32)28-19-12-10-18(11-13-19)24-20-25-21(33-16-14-29(4)5)27-22(26-20)34-17-15-30(6)7/h10-13,28H,8-9,14-17H2,1-7H3,(H,24,25,26,27). The zero-order valence-corrected chi connectivity index (χ0v) is 22.6. The van der Waals surface area contributed by atoms with Crippen molar-refractivity contribution < 1.29 is 17.9 Å². The van der Waals surface area contributed by atoms with Crippen LogP contribution in [0.15, 0.2) is 24.3 Å². The lowest BCUT2D eigenvalue weighted by molar-refractivity contribution is 0.224. The second-order valence-corrected chi connectivity index (χ2v) is 11.2. The number of likely N-dealkylation sites (N-methyl/N-ethyl adjacent to an activating group) is 2. The first-order valence-electron chi connectivity index (χ1n) is 11.7. The molecule has 35 heavy (non-hydrogen) atoms.